The molecule has 144 valence electrons. The Morgan fingerprint density at radius 1 is 0.857 bits per heavy atom. The van der Waals surface area contributed by atoms with Crippen molar-refractivity contribution in [3.05, 3.63) is 82.7 Å². The summed E-state index contributed by atoms with van der Waals surface area (Å²) in [5.41, 5.74) is 6.31. The molecule has 28 heavy (non-hydrogen) atoms. The molecule has 0 atom stereocenters. The molecule has 0 aliphatic rings. The van der Waals surface area contributed by atoms with Gasteiger partial charge in [0.05, 0.1) is 5.56 Å². The molecule has 0 unspecified atom stereocenters. The van der Waals surface area contributed by atoms with Crippen LogP contribution in [0, 0.1) is 27.7 Å². The summed E-state index contributed by atoms with van der Waals surface area (Å²) in [6.07, 6.45) is 0. The first-order chi connectivity index (χ1) is 13.4. The van der Waals surface area contributed by atoms with Crippen molar-refractivity contribution in [3.63, 3.8) is 0 Å². The second-order valence-electron chi connectivity index (χ2n) is 6.89. The lowest BCUT2D eigenvalue weighted by molar-refractivity contribution is -0.119. The minimum absolute atomic E-state index is 0.329. The summed E-state index contributed by atoms with van der Waals surface area (Å²) >= 11 is 0. The van der Waals surface area contributed by atoms with E-state index in [1.165, 1.54) is 0 Å². The fourth-order valence-corrected chi connectivity index (χ4v) is 3.22. The minimum Gasteiger partial charge on any atom is -0.452 e. The molecule has 0 saturated heterocycles. The van der Waals surface area contributed by atoms with Crippen molar-refractivity contribution in [3.8, 4) is 5.69 Å². The van der Waals surface area contributed by atoms with Gasteiger partial charge >= 0.3 is 5.97 Å². The Morgan fingerprint density at radius 3 is 2.00 bits per heavy atom. The number of hydrogen-bond donors (Lipinski definition) is 1. The lowest BCUT2D eigenvalue weighted by Crippen LogP contribution is -2.21. The third-order valence-electron chi connectivity index (χ3n) is 4.71. The number of esters is 1. The van der Waals surface area contributed by atoms with Crippen LogP contribution in [0.3, 0.4) is 0 Å². The number of para-hydroxylation sites is 1. The predicted octanol–water partition coefficient (Wildman–Crippen LogP) is 4.51. The molecule has 0 aliphatic heterocycles. The van der Waals surface area contributed by atoms with E-state index in [0.29, 0.717) is 5.56 Å². The predicted molar refractivity (Wildman–Crippen MR) is 110 cm³/mol. The Labute approximate surface area is 165 Å². The van der Waals surface area contributed by atoms with Gasteiger partial charge in [-0.3, -0.25) is 4.79 Å². The van der Waals surface area contributed by atoms with E-state index >= 15 is 0 Å². The van der Waals surface area contributed by atoms with E-state index in [2.05, 4.69) is 9.88 Å². The van der Waals surface area contributed by atoms with E-state index < -0.39 is 5.97 Å². The van der Waals surface area contributed by atoms with Gasteiger partial charge < -0.3 is 14.6 Å². The molecule has 0 saturated carbocycles. The number of carbonyl (C=O) groups excluding carboxylic acids is 2. The van der Waals surface area contributed by atoms with Crippen LogP contribution < -0.4 is 5.32 Å². The highest BCUT2D eigenvalue weighted by Crippen LogP contribution is 2.19. The lowest BCUT2D eigenvalue weighted by atomic mass is 10.1. The molecule has 0 fully saturated rings. The summed E-state index contributed by atoms with van der Waals surface area (Å²) in [5.74, 6) is -0.884. The fraction of sp³-hybridized carbons (Fsp3) is 0.217. The maximum absolute atomic E-state index is 12.3. The van der Waals surface area contributed by atoms with Crippen molar-refractivity contribution < 1.29 is 14.3 Å². The van der Waals surface area contributed by atoms with Gasteiger partial charge in [-0.25, -0.2) is 4.79 Å². The van der Waals surface area contributed by atoms with Crippen LogP contribution in [-0.4, -0.2) is 23.1 Å². The van der Waals surface area contributed by atoms with Gasteiger partial charge in [0, 0.05) is 22.8 Å². The second kappa shape index (κ2) is 8.13. The van der Waals surface area contributed by atoms with Crippen molar-refractivity contribution in [2.45, 2.75) is 27.7 Å². The van der Waals surface area contributed by atoms with Crippen molar-refractivity contribution in [1.29, 1.82) is 0 Å². The van der Waals surface area contributed by atoms with E-state index in [9.17, 15) is 9.59 Å². The van der Waals surface area contributed by atoms with Gasteiger partial charge in [0.1, 0.15) is 0 Å². The molecule has 3 aromatic rings. The number of benzene rings is 2. The summed E-state index contributed by atoms with van der Waals surface area (Å²) in [6.45, 7) is 7.58. The lowest BCUT2D eigenvalue weighted by Gasteiger charge is -2.12. The van der Waals surface area contributed by atoms with Gasteiger partial charge in [0.25, 0.3) is 5.91 Å². The first-order valence-electron chi connectivity index (χ1n) is 9.15. The van der Waals surface area contributed by atoms with Crippen LogP contribution >= 0.6 is 0 Å². The van der Waals surface area contributed by atoms with Gasteiger partial charge in [-0.2, -0.15) is 0 Å². The molecule has 1 amide bonds. The molecule has 1 heterocycles. The van der Waals surface area contributed by atoms with Crippen LogP contribution in [0.2, 0.25) is 0 Å². The number of nitrogens with zero attached hydrogens (tertiary/aromatic N) is 1. The second-order valence-corrected chi connectivity index (χ2v) is 6.89. The first-order valence-corrected chi connectivity index (χ1v) is 9.15. The number of aromatic nitrogens is 1. The van der Waals surface area contributed by atoms with E-state index in [0.717, 1.165) is 33.9 Å². The summed E-state index contributed by atoms with van der Waals surface area (Å²) in [6, 6.07) is 17.0. The van der Waals surface area contributed by atoms with Crippen LogP contribution in [-0.2, 0) is 9.53 Å². The van der Waals surface area contributed by atoms with Crippen LogP contribution in [0.15, 0.2) is 54.6 Å². The van der Waals surface area contributed by atoms with Crippen molar-refractivity contribution in [2.24, 2.45) is 0 Å². The van der Waals surface area contributed by atoms with E-state index in [-0.39, 0.29) is 12.5 Å². The van der Waals surface area contributed by atoms with E-state index in [1.54, 1.807) is 12.1 Å². The van der Waals surface area contributed by atoms with Crippen LogP contribution in [0.1, 0.15) is 32.9 Å². The zero-order valence-corrected chi connectivity index (χ0v) is 16.6. The maximum atomic E-state index is 12.3. The normalized spacial score (nSPS) is 10.6. The number of ether oxygens (including phenoxy) is 1. The number of carbonyl (C=O) groups is 2. The zero-order valence-electron chi connectivity index (χ0n) is 16.6. The molecule has 2 aromatic carbocycles. The topological polar surface area (TPSA) is 60.3 Å². The maximum Gasteiger partial charge on any atom is 0.338 e. The first kappa shape index (κ1) is 19.4. The fourth-order valence-electron chi connectivity index (χ4n) is 3.22. The molecule has 5 heteroatoms. The summed E-state index contributed by atoms with van der Waals surface area (Å²) in [4.78, 5) is 24.4. The van der Waals surface area contributed by atoms with Crippen LogP contribution in [0.4, 0.5) is 5.69 Å². The minimum atomic E-state index is -0.524. The molecule has 0 radical (unpaired) electrons. The number of hydrogen-bond acceptors (Lipinski definition) is 3. The number of anilines is 1. The Kier molecular flexibility index (Phi) is 5.64. The van der Waals surface area contributed by atoms with Gasteiger partial charge in [-0.15, -0.1) is 0 Å². The Bertz CT molecular complexity index is 977. The van der Waals surface area contributed by atoms with Gasteiger partial charge in [-0.1, -0.05) is 18.2 Å². The van der Waals surface area contributed by atoms with Gasteiger partial charge in [0.2, 0.25) is 0 Å². The Balaban J connectivity index is 1.61. The van der Waals surface area contributed by atoms with E-state index in [1.807, 2.05) is 70.2 Å². The standard InChI is InChI=1S/C23H24N2O3/c1-15-6-5-7-16(2)22(15)24-21(26)14-28-23(27)19-10-12-20(13-11-19)25-17(3)8-9-18(25)4/h5-13H,14H2,1-4H3,(H,24,26). The Hall–Kier alpha value is -3.34. The zero-order chi connectivity index (χ0) is 20.3. The molecule has 1 N–H and O–H groups in total. The highest BCUT2D eigenvalue weighted by molar-refractivity contribution is 5.96. The highest BCUT2D eigenvalue weighted by atomic mass is 16.5. The molecule has 0 spiro atoms. The van der Waals surface area contributed by atoms with E-state index in [4.69, 9.17) is 4.74 Å². The third kappa shape index (κ3) is 4.14. The number of aryl methyl sites for hydroxylation is 4. The summed E-state index contributed by atoms with van der Waals surface area (Å²) in [5, 5.41) is 2.81. The molecule has 0 bridgehead atoms. The number of amides is 1. The molecular formula is C23H24N2O3. The highest BCUT2D eigenvalue weighted by Gasteiger charge is 2.13. The SMILES string of the molecule is Cc1cccc(C)c1NC(=O)COC(=O)c1ccc(-n2c(C)ccc2C)cc1. The smallest absolute Gasteiger partial charge is 0.338 e. The Morgan fingerprint density at radius 2 is 1.43 bits per heavy atom. The molecular weight excluding hydrogens is 352 g/mol. The monoisotopic (exact) mass is 376 g/mol. The van der Waals surface area contributed by atoms with Crippen LogP contribution in [0.5, 0.6) is 0 Å². The average Bonchev–Trinajstić information content (AvgIpc) is 3.01. The molecule has 3 rings (SSSR count). The van der Waals surface area contributed by atoms with Crippen molar-refractivity contribution in [2.75, 3.05) is 11.9 Å². The van der Waals surface area contributed by atoms with Crippen LogP contribution in [0.25, 0.3) is 5.69 Å². The summed E-state index contributed by atoms with van der Waals surface area (Å²) in [7, 11) is 0. The molecule has 1 aromatic heterocycles. The van der Waals surface area contributed by atoms with Crippen molar-refractivity contribution >= 4 is 17.6 Å². The van der Waals surface area contributed by atoms with Gasteiger partial charge in [-0.05, 0) is 75.2 Å². The average molecular weight is 376 g/mol. The third-order valence-corrected chi connectivity index (χ3v) is 4.71. The quantitative estimate of drug-likeness (QED) is 0.667. The van der Waals surface area contributed by atoms with Crippen molar-refractivity contribution in [1.82, 2.24) is 4.57 Å². The summed E-state index contributed by atoms with van der Waals surface area (Å²) < 4.78 is 7.27. The number of rotatable bonds is 5. The van der Waals surface area contributed by atoms with Gasteiger partial charge in [0.15, 0.2) is 6.61 Å². The molecule has 5 nitrogen and oxygen atoms in total. The molecule has 0 aliphatic carbocycles. The largest absolute Gasteiger partial charge is 0.452 e. The number of nitrogens with one attached hydrogen (secondary N) is 1.